The third-order valence-corrected chi connectivity index (χ3v) is 7.75. The standard InChI is InChI=1S/C24H22N8O6S2/c33-21(29-17-3-7-19(8-4-17)39(35,36)31-23-25-13-1-14-26-23)11-12-22(34)30-18-5-9-20(10-6-18)40(37,38)32-24-27-15-2-16-28-24/h1-10,13-16H,11-12H2,(H,29,33)(H,30,34)(H,25,26,31)(H,27,28,32). The molecule has 4 aromatic rings. The number of aromatic nitrogens is 4. The fourth-order valence-electron chi connectivity index (χ4n) is 3.17. The fourth-order valence-corrected chi connectivity index (χ4v) is 5.09. The average Bonchev–Trinajstić information content (AvgIpc) is 2.93. The van der Waals surface area contributed by atoms with Gasteiger partial charge < -0.3 is 10.6 Å². The zero-order valence-corrected chi connectivity index (χ0v) is 22.2. The summed E-state index contributed by atoms with van der Waals surface area (Å²) in [5.74, 6) is -1.07. The number of amides is 2. The van der Waals surface area contributed by atoms with Crippen molar-refractivity contribution in [3.05, 3.63) is 85.5 Å². The lowest BCUT2D eigenvalue weighted by Gasteiger charge is -2.09. The van der Waals surface area contributed by atoms with E-state index in [2.05, 4.69) is 40.0 Å². The summed E-state index contributed by atoms with van der Waals surface area (Å²) in [4.78, 5) is 39.7. The summed E-state index contributed by atoms with van der Waals surface area (Å²) in [5, 5.41) is 5.18. The third-order valence-electron chi connectivity index (χ3n) is 5.06. The summed E-state index contributed by atoms with van der Waals surface area (Å²) in [7, 11) is -7.84. The van der Waals surface area contributed by atoms with E-state index < -0.39 is 31.9 Å². The Bertz CT molecular complexity index is 1560. The zero-order valence-electron chi connectivity index (χ0n) is 20.6. The molecular formula is C24H22N8O6S2. The minimum Gasteiger partial charge on any atom is -0.326 e. The third kappa shape index (κ3) is 7.78. The first-order chi connectivity index (χ1) is 19.1. The quantitative estimate of drug-likeness (QED) is 0.203. The smallest absolute Gasteiger partial charge is 0.264 e. The number of carbonyl (C=O) groups is 2. The van der Waals surface area contributed by atoms with Crippen molar-refractivity contribution in [2.24, 2.45) is 0 Å². The molecule has 0 atom stereocenters. The second-order valence-electron chi connectivity index (χ2n) is 8.00. The van der Waals surface area contributed by atoms with Crippen LogP contribution in [0.4, 0.5) is 23.3 Å². The van der Waals surface area contributed by atoms with Crippen LogP contribution in [0.5, 0.6) is 0 Å². The van der Waals surface area contributed by atoms with Crippen LogP contribution in [-0.2, 0) is 29.6 Å². The molecule has 0 saturated carbocycles. The van der Waals surface area contributed by atoms with E-state index in [1.165, 1.54) is 73.3 Å². The van der Waals surface area contributed by atoms with Gasteiger partial charge in [-0.3, -0.25) is 9.59 Å². The first kappa shape index (κ1) is 28.1. The molecule has 4 rings (SSSR count). The van der Waals surface area contributed by atoms with E-state index in [1.807, 2.05) is 0 Å². The van der Waals surface area contributed by atoms with E-state index in [0.717, 1.165) is 0 Å². The van der Waals surface area contributed by atoms with Crippen molar-refractivity contribution in [3.63, 3.8) is 0 Å². The van der Waals surface area contributed by atoms with Crippen molar-refractivity contribution in [2.45, 2.75) is 22.6 Å². The van der Waals surface area contributed by atoms with Gasteiger partial charge in [-0.05, 0) is 60.7 Å². The molecule has 0 aliphatic carbocycles. The van der Waals surface area contributed by atoms with Crippen molar-refractivity contribution in [2.75, 3.05) is 20.1 Å². The topological polar surface area (TPSA) is 202 Å². The highest BCUT2D eigenvalue weighted by Crippen LogP contribution is 2.18. The summed E-state index contributed by atoms with van der Waals surface area (Å²) in [5.41, 5.74) is 0.679. The van der Waals surface area contributed by atoms with Gasteiger partial charge in [0.1, 0.15) is 0 Å². The highest BCUT2D eigenvalue weighted by molar-refractivity contribution is 7.93. The van der Waals surface area contributed by atoms with Gasteiger partial charge in [-0.25, -0.2) is 46.2 Å². The molecule has 0 unspecified atom stereocenters. The molecular weight excluding hydrogens is 560 g/mol. The second kappa shape index (κ2) is 12.3. The van der Waals surface area contributed by atoms with E-state index >= 15 is 0 Å². The Balaban J connectivity index is 1.25. The van der Waals surface area contributed by atoms with Crippen molar-refractivity contribution < 1.29 is 26.4 Å². The molecule has 4 N–H and O–H groups in total. The Morgan fingerprint density at radius 3 is 1.20 bits per heavy atom. The van der Waals surface area contributed by atoms with E-state index in [9.17, 15) is 26.4 Å². The van der Waals surface area contributed by atoms with Gasteiger partial charge in [0.2, 0.25) is 23.7 Å². The molecule has 2 aromatic heterocycles. The second-order valence-corrected chi connectivity index (χ2v) is 11.4. The lowest BCUT2D eigenvalue weighted by atomic mass is 10.2. The number of nitrogens with one attached hydrogen (secondary N) is 4. The molecule has 40 heavy (non-hydrogen) atoms. The lowest BCUT2D eigenvalue weighted by Crippen LogP contribution is -2.18. The first-order valence-electron chi connectivity index (χ1n) is 11.5. The number of nitrogens with zero attached hydrogens (tertiary/aromatic N) is 4. The van der Waals surface area contributed by atoms with E-state index in [0.29, 0.717) is 11.4 Å². The van der Waals surface area contributed by atoms with Gasteiger partial charge in [0.15, 0.2) is 0 Å². The Labute approximate surface area is 229 Å². The fraction of sp³-hybridized carbons (Fsp3) is 0.0833. The lowest BCUT2D eigenvalue weighted by molar-refractivity contribution is -0.121. The van der Waals surface area contributed by atoms with Crippen LogP contribution in [0.3, 0.4) is 0 Å². The van der Waals surface area contributed by atoms with Gasteiger partial charge in [0.05, 0.1) is 9.79 Å². The number of hydrogen-bond donors (Lipinski definition) is 4. The van der Waals surface area contributed by atoms with E-state index in [1.54, 1.807) is 12.1 Å². The van der Waals surface area contributed by atoms with Crippen LogP contribution >= 0.6 is 0 Å². The summed E-state index contributed by atoms with van der Waals surface area (Å²) in [6.07, 6.45) is 5.29. The molecule has 0 saturated heterocycles. The van der Waals surface area contributed by atoms with Crippen molar-refractivity contribution in [3.8, 4) is 0 Å². The number of anilines is 4. The summed E-state index contributed by atoms with van der Waals surface area (Å²) in [6.45, 7) is 0. The Morgan fingerprint density at radius 1 is 0.550 bits per heavy atom. The molecule has 0 spiro atoms. The molecule has 0 radical (unpaired) electrons. The molecule has 0 aliphatic heterocycles. The van der Waals surface area contributed by atoms with Gasteiger partial charge in [-0.2, -0.15) is 0 Å². The van der Waals surface area contributed by atoms with Crippen LogP contribution in [0.2, 0.25) is 0 Å². The van der Waals surface area contributed by atoms with Crippen LogP contribution in [0, 0.1) is 0 Å². The van der Waals surface area contributed by atoms with Crippen LogP contribution in [0.25, 0.3) is 0 Å². The predicted octanol–water partition coefficient (Wildman–Crippen LogP) is 2.23. The van der Waals surface area contributed by atoms with Crippen molar-refractivity contribution >= 4 is 55.1 Å². The molecule has 2 heterocycles. The summed E-state index contributed by atoms with van der Waals surface area (Å²) >= 11 is 0. The Hall–Kier alpha value is -4.96. The maximum Gasteiger partial charge on any atom is 0.264 e. The maximum absolute atomic E-state index is 12.4. The van der Waals surface area contributed by atoms with Gasteiger partial charge in [-0.15, -0.1) is 0 Å². The number of rotatable bonds is 11. The van der Waals surface area contributed by atoms with Crippen LogP contribution in [0.1, 0.15) is 12.8 Å². The van der Waals surface area contributed by atoms with E-state index in [4.69, 9.17) is 0 Å². The molecule has 16 heteroatoms. The molecule has 0 aliphatic rings. The first-order valence-corrected chi connectivity index (χ1v) is 14.5. The monoisotopic (exact) mass is 582 g/mol. The van der Waals surface area contributed by atoms with Gasteiger partial charge in [-0.1, -0.05) is 0 Å². The van der Waals surface area contributed by atoms with E-state index in [-0.39, 0.29) is 34.5 Å². The van der Waals surface area contributed by atoms with Gasteiger partial charge in [0, 0.05) is 49.0 Å². The molecule has 14 nitrogen and oxygen atoms in total. The number of hydrogen-bond acceptors (Lipinski definition) is 10. The molecule has 2 aromatic carbocycles. The maximum atomic E-state index is 12.4. The van der Waals surface area contributed by atoms with Gasteiger partial charge in [0.25, 0.3) is 20.0 Å². The molecule has 206 valence electrons. The zero-order chi connectivity index (χ0) is 28.6. The number of carbonyl (C=O) groups excluding carboxylic acids is 2. The summed E-state index contributed by atoms with van der Waals surface area (Å²) in [6, 6.07) is 14.0. The minimum absolute atomic E-state index is 0.0553. The predicted molar refractivity (Wildman–Crippen MR) is 145 cm³/mol. The number of sulfonamides is 2. The Morgan fingerprint density at radius 2 is 0.875 bits per heavy atom. The highest BCUT2D eigenvalue weighted by atomic mass is 32.2. The largest absolute Gasteiger partial charge is 0.326 e. The number of benzene rings is 2. The average molecular weight is 583 g/mol. The SMILES string of the molecule is O=C(CCC(=O)Nc1ccc(S(=O)(=O)Nc2ncccn2)cc1)Nc1ccc(S(=O)(=O)Nc2ncccn2)cc1. The van der Waals surface area contributed by atoms with Crippen molar-refractivity contribution in [1.82, 2.24) is 19.9 Å². The molecule has 0 fully saturated rings. The van der Waals surface area contributed by atoms with Crippen LogP contribution < -0.4 is 20.1 Å². The van der Waals surface area contributed by atoms with Crippen LogP contribution in [0.15, 0.2) is 95.2 Å². The molecule has 0 bridgehead atoms. The normalized spacial score (nSPS) is 11.3. The minimum atomic E-state index is -3.92. The van der Waals surface area contributed by atoms with Crippen molar-refractivity contribution in [1.29, 1.82) is 0 Å². The molecule has 2 amide bonds. The summed E-state index contributed by atoms with van der Waals surface area (Å²) < 4.78 is 54.3. The van der Waals surface area contributed by atoms with Crippen LogP contribution in [-0.4, -0.2) is 48.6 Å². The Kier molecular flexibility index (Phi) is 8.60. The van der Waals surface area contributed by atoms with Gasteiger partial charge >= 0.3 is 0 Å². The highest BCUT2D eigenvalue weighted by Gasteiger charge is 2.17.